The molecule has 1 N–H and O–H groups in total. The lowest BCUT2D eigenvalue weighted by Gasteiger charge is -2.00. The average molecular weight is 161 g/mol. The first-order valence-electron chi connectivity index (χ1n) is 4.20. The van der Waals surface area contributed by atoms with Gasteiger partial charge < -0.3 is 5.11 Å². The van der Waals surface area contributed by atoms with Crippen LogP contribution in [0.3, 0.4) is 0 Å². The Bertz CT molecular complexity index is 317. The van der Waals surface area contributed by atoms with Gasteiger partial charge in [-0.2, -0.15) is 0 Å². The van der Waals surface area contributed by atoms with Crippen molar-refractivity contribution < 1.29 is 5.11 Å². The first kappa shape index (κ1) is 7.35. The zero-order valence-electron chi connectivity index (χ0n) is 6.83. The molecule has 1 aromatic heterocycles. The minimum absolute atomic E-state index is 0.250. The lowest BCUT2D eigenvalue weighted by atomic mass is 10.1. The molecule has 0 aliphatic heterocycles. The normalized spacial score (nSPS) is 16.2. The van der Waals surface area contributed by atoms with Crippen molar-refractivity contribution in [2.45, 2.75) is 19.3 Å². The molecule has 0 bridgehead atoms. The highest BCUT2D eigenvalue weighted by Gasteiger charge is 2.07. The van der Waals surface area contributed by atoms with Crippen LogP contribution in [0.5, 0.6) is 5.75 Å². The van der Waals surface area contributed by atoms with Crippen LogP contribution in [0.25, 0.3) is 5.57 Å². The van der Waals surface area contributed by atoms with Crippen LogP contribution < -0.4 is 0 Å². The van der Waals surface area contributed by atoms with Crippen molar-refractivity contribution >= 4 is 5.57 Å². The fraction of sp³-hybridized carbons (Fsp3) is 0.300. The smallest absolute Gasteiger partial charge is 0.134 e. The summed E-state index contributed by atoms with van der Waals surface area (Å²) in [6, 6.07) is 1.77. The first-order chi connectivity index (χ1) is 5.86. The Labute approximate surface area is 71.6 Å². The van der Waals surface area contributed by atoms with Crippen molar-refractivity contribution in [1.82, 2.24) is 4.98 Å². The molecule has 0 saturated carbocycles. The largest absolute Gasteiger partial charge is 0.506 e. The molecule has 1 aliphatic carbocycles. The van der Waals surface area contributed by atoms with Crippen LogP contribution in [-0.2, 0) is 0 Å². The van der Waals surface area contributed by atoms with Crippen LogP contribution in [0.2, 0.25) is 0 Å². The maximum Gasteiger partial charge on any atom is 0.134 e. The predicted molar refractivity (Wildman–Crippen MR) is 47.7 cm³/mol. The van der Waals surface area contributed by atoms with E-state index in [0.29, 0.717) is 0 Å². The highest BCUT2D eigenvalue weighted by molar-refractivity contribution is 5.67. The van der Waals surface area contributed by atoms with E-state index in [-0.39, 0.29) is 5.75 Å². The average Bonchev–Trinajstić information content (AvgIpc) is 2.56. The van der Waals surface area contributed by atoms with Gasteiger partial charge in [-0.1, -0.05) is 6.08 Å². The molecule has 0 saturated heterocycles. The number of pyridine rings is 1. The van der Waals surface area contributed by atoms with E-state index in [1.807, 2.05) is 0 Å². The molecule has 0 atom stereocenters. The summed E-state index contributed by atoms with van der Waals surface area (Å²) in [7, 11) is 0. The molecule has 0 aromatic carbocycles. The van der Waals surface area contributed by atoms with Gasteiger partial charge in [0.1, 0.15) is 5.75 Å². The molecule has 0 fully saturated rings. The third-order valence-electron chi connectivity index (χ3n) is 2.14. The minimum Gasteiger partial charge on any atom is -0.506 e. The van der Waals surface area contributed by atoms with Gasteiger partial charge >= 0.3 is 0 Å². The second-order valence-corrected chi connectivity index (χ2v) is 3.05. The van der Waals surface area contributed by atoms with Crippen LogP contribution in [-0.4, -0.2) is 10.1 Å². The van der Waals surface area contributed by atoms with Crippen molar-refractivity contribution in [3.05, 3.63) is 30.1 Å². The van der Waals surface area contributed by atoms with E-state index in [2.05, 4.69) is 11.1 Å². The number of nitrogens with zero attached hydrogens (tertiary/aromatic N) is 1. The Morgan fingerprint density at radius 1 is 1.33 bits per heavy atom. The summed E-state index contributed by atoms with van der Waals surface area (Å²) >= 11 is 0. The van der Waals surface area contributed by atoms with Crippen molar-refractivity contribution in [2.24, 2.45) is 0 Å². The molecule has 0 radical (unpaired) electrons. The van der Waals surface area contributed by atoms with Crippen LogP contribution in [0.4, 0.5) is 0 Å². The lowest BCUT2D eigenvalue weighted by Crippen LogP contribution is -1.81. The number of aromatic nitrogens is 1. The molecule has 0 amide bonds. The van der Waals surface area contributed by atoms with Crippen molar-refractivity contribution in [3.8, 4) is 5.75 Å². The Morgan fingerprint density at radius 3 is 2.92 bits per heavy atom. The summed E-state index contributed by atoms with van der Waals surface area (Å²) in [5, 5.41) is 9.18. The summed E-state index contributed by atoms with van der Waals surface area (Å²) in [6.07, 6.45) is 8.98. The van der Waals surface area contributed by atoms with Crippen LogP contribution in [0.1, 0.15) is 24.8 Å². The van der Waals surface area contributed by atoms with Crippen LogP contribution in [0.15, 0.2) is 24.5 Å². The van der Waals surface area contributed by atoms with E-state index in [0.717, 1.165) is 18.4 Å². The molecular weight excluding hydrogens is 150 g/mol. The predicted octanol–water partition coefficient (Wildman–Crippen LogP) is 2.35. The number of hydrogen-bond acceptors (Lipinski definition) is 2. The molecular formula is C10H11NO. The number of aromatic hydroxyl groups is 1. The first-order valence-corrected chi connectivity index (χ1v) is 4.20. The molecule has 2 nitrogen and oxygen atoms in total. The highest BCUT2D eigenvalue weighted by atomic mass is 16.3. The lowest BCUT2D eigenvalue weighted by molar-refractivity contribution is 0.472. The van der Waals surface area contributed by atoms with E-state index in [1.54, 1.807) is 12.3 Å². The summed E-state index contributed by atoms with van der Waals surface area (Å²) in [5.41, 5.74) is 2.38. The van der Waals surface area contributed by atoms with Crippen molar-refractivity contribution in [2.75, 3.05) is 0 Å². The molecule has 1 aromatic rings. The van der Waals surface area contributed by atoms with Gasteiger partial charge in [-0.15, -0.1) is 0 Å². The Hall–Kier alpha value is -1.31. The zero-order chi connectivity index (χ0) is 8.39. The number of allylic oxidation sites excluding steroid dienone is 2. The van der Waals surface area contributed by atoms with Gasteiger partial charge in [0.15, 0.2) is 0 Å². The highest BCUT2D eigenvalue weighted by Crippen LogP contribution is 2.28. The fourth-order valence-electron chi connectivity index (χ4n) is 1.54. The Kier molecular flexibility index (Phi) is 1.82. The molecule has 1 aliphatic rings. The molecule has 1 heterocycles. The number of rotatable bonds is 1. The van der Waals surface area contributed by atoms with Crippen molar-refractivity contribution in [1.29, 1.82) is 0 Å². The molecule has 2 heteroatoms. The SMILES string of the molecule is Oc1cncc(C2=CCCC2)c1. The third-order valence-corrected chi connectivity index (χ3v) is 2.14. The molecule has 2 rings (SSSR count). The van der Waals surface area contributed by atoms with E-state index in [4.69, 9.17) is 0 Å². The van der Waals surface area contributed by atoms with Crippen LogP contribution in [0, 0.1) is 0 Å². The zero-order valence-corrected chi connectivity index (χ0v) is 6.83. The summed E-state index contributed by atoms with van der Waals surface area (Å²) in [4.78, 5) is 3.94. The summed E-state index contributed by atoms with van der Waals surface area (Å²) in [5.74, 6) is 0.250. The van der Waals surface area contributed by atoms with Crippen LogP contribution >= 0.6 is 0 Å². The Morgan fingerprint density at radius 2 is 2.25 bits per heavy atom. The second kappa shape index (κ2) is 2.97. The monoisotopic (exact) mass is 161 g/mol. The maximum absolute atomic E-state index is 9.18. The van der Waals surface area contributed by atoms with E-state index < -0.39 is 0 Å². The summed E-state index contributed by atoms with van der Waals surface area (Å²) < 4.78 is 0. The van der Waals surface area contributed by atoms with Gasteiger partial charge in [0.25, 0.3) is 0 Å². The van der Waals surface area contributed by atoms with Gasteiger partial charge in [-0.25, -0.2) is 0 Å². The molecule has 0 spiro atoms. The standard InChI is InChI=1S/C10H11NO/c12-10-5-9(6-11-7-10)8-3-1-2-4-8/h3,5-7,12H,1-2,4H2. The van der Waals surface area contributed by atoms with Gasteiger partial charge in [0.2, 0.25) is 0 Å². The molecule has 12 heavy (non-hydrogen) atoms. The third kappa shape index (κ3) is 1.33. The minimum atomic E-state index is 0.250. The van der Waals surface area contributed by atoms with Gasteiger partial charge in [0.05, 0.1) is 6.20 Å². The van der Waals surface area contributed by atoms with Gasteiger partial charge in [-0.05, 0) is 36.5 Å². The van der Waals surface area contributed by atoms with Gasteiger partial charge in [0, 0.05) is 6.20 Å². The maximum atomic E-state index is 9.18. The van der Waals surface area contributed by atoms with E-state index in [1.165, 1.54) is 18.2 Å². The fourth-order valence-corrected chi connectivity index (χ4v) is 1.54. The van der Waals surface area contributed by atoms with Crippen molar-refractivity contribution in [3.63, 3.8) is 0 Å². The topological polar surface area (TPSA) is 33.1 Å². The quantitative estimate of drug-likeness (QED) is 0.685. The number of hydrogen-bond donors (Lipinski definition) is 1. The molecule has 62 valence electrons. The van der Waals surface area contributed by atoms with Gasteiger partial charge in [-0.3, -0.25) is 4.98 Å². The molecule has 0 unspecified atom stereocenters. The van der Waals surface area contributed by atoms with E-state index >= 15 is 0 Å². The second-order valence-electron chi connectivity index (χ2n) is 3.05. The Balaban J connectivity index is 2.33. The van der Waals surface area contributed by atoms with E-state index in [9.17, 15) is 5.11 Å². The summed E-state index contributed by atoms with van der Waals surface area (Å²) in [6.45, 7) is 0.